The van der Waals surface area contributed by atoms with Gasteiger partial charge in [-0.3, -0.25) is 0 Å². The minimum Gasteiger partial charge on any atom is -0.462 e. The van der Waals surface area contributed by atoms with Gasteiger partial charge in [0.1, 0.15) is 3.70 Å². The van der Waals surface area contributed by atoms with Gasteiger partial charge < -0.3 is 9.47 Å². The van der Waals surface area contributed by atoms with Crippen molar-refractivity contribution in [1.29, 1.82) is 0 Å². The van der Waals surface area contributed by atoms with Crippen molar-refractivity contribution in [2.24, 2.45) is 0 Å². The molecule has 1 rings (SSSR count). The number of carbonyl (C=O) groups excluding carboxylic acids is 1. The van der Waals surface area contributed by atoms with Gasteiger partial charge in [-0.1, -0.05) is 0 Å². The summed E-state index contributed by atoms with van der Waals surface area (Å²) in [5, 5.41) is 0. The van der Waals surface area contributed by atoms with Crippen molar-refractivity contribution in [2.45, 2.75) is 19.7 Å². The molecule has 0 radical (unpaired) electrons. The highest BCUT2D eigenvalue weighted by Crippen LogP contribution is 2.38. The highest BCUT2D eigenvalue weighted by Gasteiger charge is 2.37. The van der Waals surface area contributed by atoms with E-state index in [1.807, 2.05) is 0 Å². The minimum absolute atomic E-state index is 0.122. The van der Waals surface area contributed by atoms with E-state index in [1.54, 1.807) is 0 Å². The first-order valence-electron chi connectivity index (χ1n) is 5.06. The number of halogens is 6. The van der Waals surface area contributed by atoms with Crippen LogP contribution in [0.5, 0.6) is 5.75 Å². The summed E-state index contributed by atoms with van der Waals surface area (Å²) in [5.41, 5.74) is -1.96. The number of rotatable bonds is 4. The van der Waals surface area contributed by atoms with Gasteiger partial charge in [-0.25, -0.2) is 18.6 Å². The number of aromatic nitrogens is 1. The van der Waals surface area contributed by atoms with Crippen LogP contribution in [0.1, 0.15) is 29.3 Å². The zero-order valence-electron chi connectivity index (χ0n) is 9.80. The van der Waals surface area contributed by atoms with E-state index in [0.717, 1.165) is 6.20 Å². The average Bonchev–Trinajstić information content (AvgIpc) is 2.29. The summed E-state index contributed by atoms with van der Waals surface area (Å²) in [6.07, 6.45) is -7.81. The summed E-state index contributed by atoms with van der Waals surface area (Å²) < 4.78 is 70.2. The van der Waals surface area contributed by atoms with Crippen molar-refractivity contribution in [3.63, 3.8) is 0 Å². The molecular weight excluding hydrogens is 404 g/mol. The molecule has 0 spiro atoms. The Morgan fingerprint density at radius 1 is 1.45 bits per heavy atom. The number of hydrogen-bond acceptors (Lipinski definition) is 4. The van der Waals surface area contributed by atoms with Crippen molar-refractivity contribution in [1.82, 2.24) is 4.98 Å². The number of pyridine rings is 1. The monoisotopic (exact) mass is 411 g/mol. The number of hydrogen-bond donors (Lipinski definition) is 0. The van der Waals surface area contributed by atoms with Gasteiger partial charge in [-0.15, -0.1) is 13.2 Å². The predicted molar refractivity (Wildman–Crippen MR) is 64.6 cm³/mol. The fourth-order valence-electron chi connectivity index (χ4n) is 1.28. The van der Waals surface area contributed by atoms with Crippen LogP contribution in [0.25, 0.3) is 0 Å². The number of nitrogens with zero attached hydrogens (tertiary/aromatic N) is 1. The molecule has 20 heavy (non-hydrogen) atoms. The minimum atomic E-state index is -5.18. The summed E-state index contributed by atoms with van der Waals surface area (Å²) >= 11 is 1.30. The Morgan fingerprint density at radius 2 is 2.05 bits per heavy atom. The zero-order valence-corrected chi connectivity index (χ0v) is 12.0. The second-order valence-electron chi connectivity index (χ2n) is 3.27. The van der Waals surface area contributed by atoms with Crippen LogP contribution in [0.3, 0.4) is 0 Å². The van der Waals surface area contributed by atoms with Crippen LogP contribution >= 0.6 is 22.6 Å². The quantitative estimate of drug-likeness (QED) is 0.328. The maximum atomic E-state index is 13.0. The molecule has 0 fully saturated rings. The van der Waals surface area contributed by atoms with E-state index in [1.165, 1.54) is 29.5 Å². The fraction of sp³-hybridized carbons (Fsp3) is 0.400. The smallest absolute Gasteiger partial charge is 0.462 e. The number of ether oxygens (including phenoxy) is 2. The Labute approximate surface area is 123 Å². The standard InChI is InChI=1S/C10H7F5INO3/c1-2-19-9(18)4-3-17-8(16)6(5(4)7(11)12)20-10(13,14)15/h3,7H,2H2,1H3. The Bertz CT molecular complexity index is 506. The molecule has 0 aliphatic rings. The lowest BCUT2D eigenvalue weighted by atomic mass is 10.1. The fourth-order valence-corrected chi connectivity index (χ4v) is 1.82. The maximum Gasteiger partial charge on any atom is 0.573 e. The molecule has 112 valence electrons. The summed E-state index contributed by atoms with van der Waals surface area (Å²) in [6, 6.07) is 0. The molecule has 0 saturated carbocycles. The van der Waals surface area contributed by atoms with Crippen molar-refractivity contribution >= 4 is 28.6 Å². The van der Waals surface area contributed by atoms with Crippen LogP contribution < -0.4 is 4.74 Å². The highest BCUT2D eigenvalue weighted by molar-refractivity contribution is 14.1. The molecule has 0 aliphatic carbocycles. The van der Waals surface area contributed by atoms with E-state index in [9.17, 15) is 26.7 Å². The van der Waals surface area contributed by atoms with Gasteiger partial charge in [-0.2, -0.15) is 0 Å². The van der Waals surface area contributed by atoms with Gasteiger partial charge in [0.05, 0.1) is 17.7 Å². The Hall–Kier alpha value is -1.20. The largest absolute Gasteiger partial charge is 0.573 e. The maximum absolute atomic E-state index is 13.0. The first-order chi connectivity index (χ1) is 9.17. The van der Waals surface area contributed by atoms with Crippen LogP contribution in [0, 0.1) is 3.70 Å². The molecular formula is C10H7F5INO3. The molecule has 0 bridgehead atoms. The molecule has 4 nitrogen and oxygen atoms in total. The second-order valence-corrected chi connectivity index (χ2v) is 4.30. The molecule has 1 heterocycles. The summed E-state index contributed by atoms with van der Waals surface area (Å²) in [6.45, 7) is 1.30. The summed E-state index contributed by atoms with van der Waals surface area (Å²) in [5.74, 6) is -2.39. The van der Waals surface area contributed by atoms with Crippen LogP contribution in [0.2, 0.25) is 0 Å². The van der Waals surface area contributed by atoms with E-state index < -0.39 is 39.3 Å². The number of carbonyl (C=O) groups is 1. The topological polar surface area (TPSA) is 48.4 Å². The molecule has 0 aliphatic heterocycles. The zero-order chi connectivity index (χ0) is 15.5. The molecule has 0 atom stereocenters. The van der Waals surface area contributed by atoms with Crippen molar-refractivity contribution in [3.8, 4) is 5.75 Å². The Kier molecular flexibility index (Phi) is 5.48. The third-order valence-electron chi connectivity index (χ3n) is 1.96. The van der Waals surface area contributed by atoms with Gasteiger partial charge in [0, 0.05) is 6.20 Å². The van der Waals surface area contributed by atoms with E-state index in [0.29, 0.717) is 0 Å². The second kappa shape index (κ2) is 6.50. The van der Waals surface area contributed by atoms with E-state index >= 15 is 0 Å². The molecule has 0 unspecified atom stereocenters. The lowest BCUT2D eigenvalue weighted by molar-refractivity contribution is -0.275. The number of esters is 1. The Balaban J connectivity index is 3.41. The van der Waals surface area contributed by atoms with Gasteiger partial charge in [0.2, 0.25) is 0 Å². The molecule has 10 heteroatoms. The average molecular weight is 411 g/mol. The first kappa shape index (κ1) is 16.9. The molecule has 0 saturated heterocycles. The molecule has 0 N–H and O–H groups in total. The SMILES string of the molecule is CCOC(=O)c1cnc(I)c(OC(F)(F)F)c1C(F)F. The highest BCUT2D eigenvalue weighted by atomic mass is 127. The van der Waals surface area contributed by atoms with Crippen LogP contribution in [-0.4, -0.2) is 23.9 Å². The van der Waals surface area contributed by atoms with Crippen LogP contribution in [0.15, 0.2) is 6.20 Å². The van der Waals surface area contributed by atoms with Crippen molar-refractivity contribution in [2.75, 3.05) is 6.61 Å². The third-order valence-corrected chi connectivity index (χ3v) is 2.73. The Morgan fingerprint density at radius 3 is 2.50 bits per heavy atom. The van der Waals surface area contributed by atoms with Gasteiger partial charge in [0.25, 0.3) is 6.43 Å². The third kappa shape index (κ3) is 4.15. The molecule has 0 amide bonds. The molecule has 1 aromatic heterocycles. The van der Waals surface area contributed by atoms with Crippen LogP contribution in [0.4, 0.5) is 22.0 Å². The lowest BCUT2D eigenvalue weighted by Gasteiger charge is -2.16. The van der Waals surface area contributed by atoms with Gasteiger partial charge in [0.15, 0.2) is 5.75 Å². The summed E-state index contributed by atoms with van der Waals surface area (Å²) in [4.78, 5) is 14.9. The van der Waals surface area contributed by atoms with Crippen molar-refractivity contribution in [3.05, 3.63) is 21.0 Å². The number of alkyl halides is 5. The van der Waals surface area contributed by atoms with Crippen molar-refractivity contribution < 1.29 is 36.2 Å². The molecule has 0 aromatic carbocycles. The normalized spacial score (nSPS) is 11.6. The van der Waals surface area contributed by atoms with E-state index in [-0.39, 0.29) is 6.61 Å². The summed E-state index contributed by atoms with van der Waals surface area (Å²) in [7, 11) is 0. The lowest BCUT2D eigenvalue weighted by Crippen LogP contribution is -2.21. The van der Waals surface area contributed by atoms with Crippen LogP contribution in [-0.2, 0) is 4.74 Å². The van der Waals surface area contributed by atoms with E-state index in [2.05, 4.69) is 14.5 Å². The van der Waals surface area contributed by atoms with Gasteiger partial charge in [-0.05, 0) is 29.5 Å². The first-order valence-corrected chi connectivity index (χ1v) is 6.14. The molecule has 1 aromatic rings. The predicted octanol–water partition coefficient (Wildman–Crippen LogP) is 3.70. The van der Waals surface area contributed by atoms with Gasteiger partial charge >= 0.3 is 12.3 Å². The van der Waals surface area contributed by atoms with E-state index in [4.69, 9.17) is 0 Å².